The minimum Gasteiger partial charge on any atom is -0.444 e. The van der Waals surface area contributed by atoms with E-state index in [1.165, 1.54) is 32.1 Å². The summed E-state index contributed by atoms with van der Waals surface area (Å²) < 4.78 is 5.38. The highest BCUT2D eigenvalue weighted by Crippen LogP contribution is 2.35. The number of amides is 1. The molecule has 0 aromatic rings. The van der Waals surface area contributed by atoms with Gasteiger partial charge in [-0.2, -0.15) is 0 Å². The first-order valence-electron chi connectivity index (χ1n) is 8.05. The van der Waals surface area contributed by atoms with Gasteiger partial charge in [0.05, 0.1) is 0 Å². The number of rotatable bonds is 3. The van der Waals surface area contributed by atoms with E-state index in [0.717, 1.165) is 31.5 Å². The van der Waals surface area contributed by atoms with Crippen LogP contribution in [0.25, 0.3) is 0 Å². The van der Waals surface area contributed by atoms with Gasteiger partial charge >= 0.3 is 6.09 Å². The molecule has 0 aromatic heterocycles. The second-order valence-corrected chi connectivity index (χ2v) is 7.61. The predicted octanol–water partition coefficient (Wildman–Crippen LogP) is 3.01. The Bertz CT molecular complexity index is 324. The van der Waals surface area contributed by atoms with Gasteiger partial charge in [-0.05, 0) is 64.3 Å². The standard InChI is InChI=1S/C16H30N2O2/c1-16(2,3)20-15(19)18-10-14(11-18)8-12-4-6-13(9-17)7-5-12/h12-14H,4-11,17H2,1-3H3. The third kappa shape index (κ3) is 4.37. The van der Waals surface area contributed by atoms with Crippen molar-refractivity contribution in [2.75, 3.05) is 19.6 Å². The fraction of sp³-hybridized carbons (Fsp3) is 0.938. The average molecular weight is 282 g/mol. The van der Waals surface area contributed by atoms with E-state index in [1.54, 1.807) is 0 Å². The molecule has 2 aliphatic rings. The van der Waals surface area contributed by atoms with Crippen LogP contribution in [-0.2, 0) is 4.74 Å². The molecule has 1 saturated carbocycles. The molecule has 1 amide bonds. The topological polar surface area (TPSA) is 55.6 Å². The molecule has 1 aliphatic carbocycles. The van der Waals surface area contributed by atoms with E-state index in [9.17, 15) is 4.79 Å². The Labute approximate surface area is 123 Å². The van der Waals surface area contributed by atoms with Crippen LogP contribution < -0.4 is 5.73 Å². The zero-order valence-electron chi connectivity index (χ0n) is 13.2. The number of hydrogen-bond donors (Lipinski definition) is 1. The SMILES string of the molecule is CC(C)(C)OC(=O)N1CC(CC2CCC(CN)CC2)C1. The van der Waals surface area contributed by atoms with Gasteiger partial charge in [-0.25, -0.2) is 4.79 Å². The summed E-state index contributed by atoms with van der Waals surface area (Å²) in [5.74, 6) is 2.29. The molecule has 0 unspecified atom stereocenters. The highest BCUT2D eigenvalue weighted by Gasteiger charge is 2.35. The highest BCUT2D eigenvalue weighted by molar-refractivity contribution is 5.69. The van der Waals surface area contributed by atoms with Crippen LogP contribution in [0.2, 0.25) is 0 Å². The van der Waals surface area contributed by atoms with Crippen molar-refractivity contribution in [2.24, 2.45) is 23.5 Å². The molecular weight excluding hydrogens is 252 g/mol. The number of nitrogens with zero attached hydrogens (tertiary/aromatic N) is 1. The van der Waals surface area contributed by atoms with E-state index in [-0.39, 0.29) is 11.7 Å². The minimum atomic E-state index is -0.386. The van der Waals surface area contributed by atoms with Crippen LogP contribution in [0.3, 0.4) is 0 Å². The quantitative estimate of drug-likeness (QED) is 0.865. The molecule has 2 rings (SSSR count). The summed E-state index contributed by atoms with van der Waals surface area (Å²) >= 11 is 0. The first kappa shape index (κ1) is 15.6. The van der Waals surface area contributed by atoms with Crippen molar-refractivity contribution < 1.29 is 9.53 Å². The van der Waals surface area contributed by atoms with E-state index in [4.69, 9.17) is 10.5 Å². The Morgan fingerprint density at radius 2 is 1.65 bits per heavy atom. The first-order chi connectivity index (χ1) is 9.37. The molecule has 0 aromatic carbocycles. The van der Waals surface area contributed by atoms with E-state index in [2.05, 4.69) is 0 Å². The number of ether oxygens (including phenoxy) is 1. The molecule has 0 atom stereocenters. The second-order valence-electron chi connectivity index (χ2n) is 7.61. The van der Waals surface area contributed by atoms with Crippen LogP contribution in [0.5, 0.6) is 0 Å². The van der Waals surface area contributed by atoms with Crippen LogP contribution in [0.4, 0.5) is 4.79 Å². The lowest BCUT2D eigenvalue weighted by molar-refractivity contribution is -0.00564. The Morgan fingerprint density at radius 1 is 1.10 bits per heavy atom. The van der Waals surface area contributed by atoms with Crippen LogP contribution in [0.1, 0.15) is 52.9 Å². The summed E-state index contributed by atoms with van der Waals surface area (Å²) in [6.07, 6.45) is 6.36. The number of nitrogens with two attached hydrogens (primary N) is 1. The van der Waals surface area contributed by atoms with Gasteiger partial charge in [-0.3, -0.25) is 0 Å². The van der Waals surface area contributed by atoms with Crippen molar-refractivity contribution >= 4 is 6.09 Å². The number of carbonyl (C=O) groups is 1. The van der Waals surface area contributed by atoms with Crippen LogP contribution in [0.15, 0.2) is 0 Å². The molecule has 4 nitrogen and oxygen atoms in total. The molecule has 0 bridgehead atoms. The fourth-order valence-electron chi connectivity index (χ4n) is 3.37. The molecule has 1 saturated heterocycles. The molecule has 20 heavy (non-hydrogen) atoms. The Balaban J connectivity index is 1.63. The molecule has 2 fully saturated rings. The van der Waals surface area contributed by atoms with Crippen LogP contribution >= 0.6 is 0 Å². The van der Waals surface area contributed by atoms with Crippen LogP contribution in [0, 0.1) is 17.8 Å². The van der Waals surface area contributed by atoms with E-state index in [0.29, 0.717) is 5.92 Å². The maximum Gasteiger partial charge on any atom is 0.410 e. The summed E-state index contributed by atoms with van der Waals surface area (Å²) in [5.41, 5.74) is 5.34. The second kappa shape index (κ2) is 6.33. The van der Waals surface area contributed by atoms with Gasteiger partial charge in [-0.15, -0.1) is 0 Å². The Morgan fingerprint density at radius 3 is 2.15 bits per heavy atom. The average Bonchev–Trinajstić information content (AvgIpc) is 2.31. The summed E-state index contributed by atoms with van der Waals surface area (Å²) in [6, 6.07) is 0. The van der Waals surface area contributed by atoms with Crippen molar-refractivity contribution in [3.63, 3.8) is 0 Å². The maximum atomic E-state index is 11.9. The summed E-state index contributed by atoms with van der Waals surface area (Å²) in [6.45, 7) is 8.36. The van der Waals surface area contributed by atoms with Gasteiger partial charge in [0.2, 0.25) is 0 Å². The van der Waals surface area contributed by atoms with Gasteiger partial charge < -0.3 is 15.4 Å². The molecule has 0 spiro atoms. The van der Waals surface area contributed by atoms with Gasteiger partial charge in [0.25, 0.3) is 0 Å². The monoisotopic (exact) mass is 282 g/mol. The maximum absolute atomic E-state index is 11.9. The summed E-state index contributed by atoms with van der Waals surface area (Å²) in [7, 11) is 0. The highest BCUT2D eigenvalue weighted by atomic mass is 16.6. The van der Waals surface area contributed by atoms with Gasteiger partial charge in [-0.1, -0.05) is 12.8 Å². The van der Waals surface area contributed by atoms with E-state index >= 15 is 0 Å². The van der Waals surface area contributed by atoms with Gasteiger partial charge in [0.15, 0.2) is 0 Å². The van der Waals surface area contributed by atoms with Crippen molar-refractivity contribution in [1.82, 2.24) is 4.90 Å². The minimum absolute atomic E-state index is 0.152. The molecule has 116 valence electrons. The van der Waals surface area contributed by atoms with Crippen molar-refractivity contribution in [1.29, 1.82) is 0 Å². The van der Waals surface area contributed by atoms with E-state index in [1.807, 2.05) is 25.7 Å². The zero-order valence-corrected chi connectivity index (χ0v) is 13.2. The smallest absolute Gasteiger partial charge is 0.410 e. The predicted molar refractivity (Wildman–Crippen MR) is 80.4 cm³/mol. The van der Waals surface area contributed by atoms with Gasteiger partial charge in [0.1, 0.15) is 5.60 Å². The lowest BCUT2D eigenvalue weighted by Crippen LogP contribution is -2.52. The molecule has 4 heteroatoms. The van der Waals surface area contributed by atoms with Crippen LogP contribution in [-0.4, -0.2) is 36.2 Å². The normalized spacial score (nSPS) is 28.1. The number of likely N-dealkylation sites (tertiary alicyclic amines) is 1. The van der Waals surface area contributed by atoms with Crippen molar-refractivity contribution in [2.45, 2.75) is 58.5 Å². The fourth-order valence-corrected chi connectivity index (χ4v) is 3.37. The first-order valence-corrected chi connectivity index (χ1v) is 8.05. The molecule has 1 aliphatic heterocycles. The Kier molecular flexibility index (Phi) is 4.95. The summed E-state index contributed by atoms with van der Waals surface area (Å²) in [5, 5.41) is 0. The lowest BCUT2D eigenvalue weighted by atomic mass is 9.76. The number of carbonyl (C=O) groups excluding carboxylic acids is 1. The zero-order chi connectivity index (χ0) is 14.8. The number of hydrogen-bond acceptors (Lipinski definition) is 3. The Hall–Kier alpha value is -0.770. The molecule has 2 N–H and O–H groups in total. The third-order valence-corrected chi connectivity index (χ3v) is 4.58. The molecular formula is C16H30N2O2. The molecule has 0 radical (unpaired) electrons. The molecule has 1 heterocycles. The van der Waals surface area contributed by atoms with E-state index < -0.39 is 0 Å². The van der Waals surface area contributed by atoms with Crippen molar-refractivity contribution in [3.8, 4) is 0 Å². The summed E-state index contributed by atoms with van der Waals surface area (Å²) in [4.78, 5) is 13.7. The van der Waals surface area contributed by atoms with Gasteiger partial charge in [0, 0.05) is 13.1 Å². The third-order valence-electron chi connectivity index (χ3n) is 4.58. The largest absolute Gasteiger partial charge is 0.444 e. The van der Waals surface area contributed by atoms with Crippen molar-refractivity contribution in [3.05, 3.63) is 0 Å². The lowest BCUT2D eigenvalue weighted by Gasteiger charge is -2.42.